The van der Waals surface area contributed by atoms with E-state index in [4.69, 9.17) is 4.74 Å². The summed E-state index contributed by atoms with van der Waals surface area (Å²) in [5, 5.41) is 4.95. The highest BCUT2D eigenvalue weighted by Gasteiger charge is 2.26. The van der Waals surface area contributed by atoms with Crippen LogP contribution in [0.5, 0.6) is 11.5 Å². The summed E-state index contributed by atoms with van der Waals surface area (Å²) in [5.74, 6) is 1.89. The van der Waals surface area contributed by atoms with Crippen LogP contribution in [0.4, 0.5) is 0 Å². The molecule has 7 rings (SSSR count). The van der Waals surface area contributed by atoms with Crippen LogP contribution in [-0.4, -0.2) is 0 Å². The smallest absolute Gasteiger partial charge is 0.144 e. The van der Waals surface area contributed by atoms with E-state index in [9.17, 15) is 0 Å². The molecule has 0 fully saturated rings. The van der Waals surface area contributed by atoms with E-state index in [2.05, 4.69) is 118 Å². The van der Waals surface area contributed by atoms with Gasteiger partial charge >= 0.3 is 0 Å². The maximum absolute atomic E-state index is 6.67. The molecule has 36 heavy (non-hydrogen) atoms. The van der Waals surface area contributed by atoms with Crippen molar-refractivity contribution in [3.8, 4) is 44.9 Å². The number of fused-ring (bicyclic) bond motifs is 3. The minimum atomic E-state index is 0.922. The zero-order valence-electron chi connectivity index (χ0n) is 20.7. The van der Waals surface area contributed by atoms with E-state index in [0.717, 1.165) is 17.1 Å². The van der Waals surface area contributed by atoms with Crippen LogP contribution < -0.4 is 4.74 Å². The molecule has 0 aliphatic carbocycles. The Kier molecular flexibility index (Phi) is 4.56. The Morgan fingerprint density at radius 3 is 2.00 bits per heavy atom. The van der Waals surface area contributed by atoms with Crippen LogP contribution in [-0.2, 0) is 0 Å². The second-order valence-corrected chi connectivity index (χ2v) is 9.92. The monoisotopic (exact) mass is 462 g/mol. The first-order valence-electron chi connectivity index (χ1n) is 12.5. The topological polar surface area (TPSA) is 9.23 Å². The Morgan fingerprint density at radius 1 is 0.528 bits per heavy atom. The van der Waals surface area contributed by atoms with Gasteiger partial charge in [0.05, 0.1) is 0 Å². The molecular weight excluding hydrogens is 436 g/mol. The fourth-order valence-corrected chi connectivity index (χ4v) is 5.68. The second-order valence-electron chi connectivity index (χ2n) is 9.92. The summed E-state index contributed by atoms with van der Waals surface area (Å²) < 4.78 is 6.67. The van der Waals surface area contributed by atoms with Gasteiger partial charge in [0.1, 0.15) is 11.5 Å². The number of rotatable bonds is 2. The van der Waals surface area contributed by atoms with Crippen molar-refractivity contribution in [1.29, 1.82) is 0 Å². The average molecular weight is 463 g/mol. The molecule has 6 aromatic carbocycles. The molecule has 1 heteroatoms. The van der Waals surface area contributed by atoms with Crippen LogP contribution >= 0.6 is 0 Å². The minimum Gasteiger partial charge on any atom is -0.455 e. The van der Waals surface area contributed by atoms with Crippen molar-refractivity contribution >= 4 is 21.5 Å². The largest absolute Gasteiger partial charge is 0.455 e. The molecule has 0 amide bonds. The fraction of sp³-hybridized carbons (Fsp3) is 0.0857. The maximum atomic E-state index is 6.67. The molecule has 0 bridgehead atoms. The standard InChI is InChI=1S/C35H26O/c1-21-11-13-24(14-12-21)25-15-16-27-20-28(18-17-26(27)19-25)33-23(3)22(2)29-8-6-9-31-30-7-4-5-10-32(30)36-35(33)34(29)31/h4-20H,1-3H3. The highest BCUT2D eigenvalue weighted by molar-refractivity contribution is 6.10. The van der Waals surface area contributed by atoms with E-state index in [-0.39, 0.29) is 0 Å². The molecule has 0 unspecified atom stereocenters. The van der Waals surface area contributed by atoms with Crippen LogP contribution in [0.1, 0.15) is 16.7 Å². The SMILES string of the molecule is Cc1ccc(-c2ccc3cc(-c4c(C)c(C)c5cccc6c5c4Oc4ccccc4-6)ccc3c2)cc1. The van der Waals surface area contributed by atoms with E-state index < -0.39 is 0 Å². The molecule has 1 nitrogen and oxygen atoms in total. The van der Waals surface area contributed by atoms with Gasteiger partial charge in [-0.25, -0.2) is 0 Å². The predicted molar refractivity (Wildman–Crippen MR) is 152 cm³/mol. The van der Waals surface area contributed by atoms with Crippen molar-refractivity contribution in [3.63, 3.8) is 0 Å². The summed E-state index contributed by atoms with van der Waals surface area (Å²) in [4.78, 5) is 0. The molecule has 6 aromatic rings. The summed E-state index contributed by atoms with van der Waals surface area (Å²) in [7, 11) is 0. The fourth-order valence-electron chi connectivity index (χ4n) is 5.68. The van der Waals surface area contributed by atoms with Gasteiger partial charge in [-0.15, -0.1) is 0 Å². The van der Waals surface area contributed by atoms with Crippen molar-refractivity contribution < 1.29 is 4.74 Å². The summed E-state index contributed by atoms with van der Waals surface area (Å²) in [6.45, 7) is 6.58. The number of ether oxygens (including phenoxy) is 1. The Morgan fingerprint density at radius 2 is 1.19 bits per heavy atom. The van der Waals surface area contributed by atoms with Crippen LogP contribution in [0.3, 0.4) is 0 Å². The molecule has 0 aromatic heterocycles. The lowest BCUT2D eigenvalue weighted by molar-refractivity contribution is 0.488. The molecule has 1 aliphatic rings. The molecule has 0 saturated carbocycles. The maximum Gasteiger partial charge on any atom is 0.144 e. The van der Waals surface area contributed by atoms with E-state index in [0.29, 0.717) is 0 Å². The van der Waals surface area contributed by atoms with Crippen molar-refractivity contribution in [3.05, 3.63) is 120 Å². The van der Waals surface area contributed by atoms with Gasteiger partial charge in [0.2, 0.25) is 0 Å². The van der Waals surface area contributed by atoms with Gasteiger partial charge in [-0.1, -0.05) is 90.5 Å². The van der Waals surface area contributed by atoms with E-state index in [1.165, 1.54) is 66.1 Å². The van der Waals surface area contributed by atoms with E-state index in [1.807, 2.05) is 6.07 Å². The second kappa shape index (κ2) is 7.83. The zero-order chi connectivity index (χ0) is 24.4. The Bertz CT molecular complexity index is 1820. The average Bonchev–Trinajstić information content (AvgIpc) is 2.92. The lowest BCUT2D eigenvalue weighted by Crippen LogP contribution is -2.02. The first-order chi connectivity index (χ1) is 17.6. The van der Waals surface area contributed by atoms with E-state index in [1.54, 1.807) is 0 Å². The molecular formula is C35H26O. The number of aryl methyl sites for hydroxylation is 2. The molecule has 0 spiro atoms. The van der Waals surface area contributed by atoms with Gasteiger partial charge in [0.15, 0.2) is 0 Å². The first-order valence-corrected chi connectivity index (χ1v) is 12.5. The third-order valence-electron chi connectivity index (χ3n) is 7.76. The van der Waals surface area contributed by atoms with Gasteiger partial charge in [0, 0.05) is 16.5 Å². The number of benzene rings is 6. The molecule has 0 atom stereocenters. The van der Waals surface area contributed by atoms with Crippen LogP contribution in [0, 0.1) is 20.8 Å². The first kappa shape index (κ1) is 21.0. The number of hydrogen-bond donors (Lipinski definition) is 0. The van der Waals surface area contributed by atoms with Gasteiger partial charge in [0.25, 0.3) is 0 Å². The molecule has 0 N–H and O–H groups in total. The van der Waals surface area contributed by atoms with Gasteiger partial charge in [-0.2, -0.15) is 0 Å². The van der Waals surface area contributed by atoms with Gasteiger partial charge < -0.3 is 4.74 Å². The molecule has 1 heterocycles. The summed E-state index contributed by atoms with van der Waals surface area (Å²) in [6, 6.07) is 37.3. The number of para-hydroxylation sites is 1. The molecule has 172 valence electrons. The predicted octanol–water partition coefficient (Wildman–Crippen LogP) is 10.0. The van der Waals surface area contributed by atoms with E-state index >= 15 is 0 Å². The Labute approximate surface area is 211 Å². The summed E-state index contributed by atoms with van der Waals surface area (Å²) in [5.41, 5.74) is 11.1. The van der Waals surface area contributed by atoms with Crippen LogP contribution in [0.25, 0.3) is 54.9 Å². The quantitative estimate of drug-likeness (QED) is 0.248. The Balaban J connectivity index is 1.44. The summed E-state index contributed by atoms with van der Waals surface area (Å²) >= 11 is 0. The third kappa shape index (κ3) is 3.09. The zero-order valence-corrected chi connectivity index (χ0v) is 20.7. The third-order valence-corrected chi connectivity index (χ3v) is 7.76. The number of hydrogen-bond acceptors (Lipinski definition) is 1. The van der Waals surface area contributed by atoms with Crippen LogP contribution in [0.15, 0.2) is 103 Å². The Hall–Kier alpha value is -4.36. The van der Waals surface area contributed by atoms with Crippen molar-refractivity contribution in [2.45, 2.75) is 20.8 Å². The van der Waals surface area contributed by atoms with Crippen LogP contribution in [0.2, 0.25) is 0 Å². The van der Waals surface area contributed by atoms with Crippen molar-refractivity contribution in [2.24, 2.45) is 0 Å². The molecule has 0 radical (unpaired) electrons. The summed E-state index contributed by atoms with van der Waals surface area (Å²) in [6.07, 6.45) is 0. The highest BCUT2D eigenvalue weighted by Crippen LogP contribution is 2.52. The normalized spacial score (nSPS) is 12.0. The lowest BCUT2D eigenvalue weighted by atomic mass is 9.85. The van der Waals surface area contributed by atoms with Gasteiger partial charge in [-0.3, -0.25) is 0 Å². The highest BCUT2D eigenvalue weighted by atomic mass is 16.5. The minimum absolute atomic E-state index is 0.922. The molecule has 0 saturated heterocycles. The van der Waals surface area contributed by atoms with Crippen molar-refractivity contribution in [2.75, 3.05) is 0 Å². The molecule has 1 aliphatic heterocycles. The van der Waals surface area contributed by atoms with Gasteiger partial charge in [-0.05, 0) is 88.5 Å². The lowest BCUT2D eigenvalue weighted by Gasteiger charge is -2.26. The van der Waals surface area contributed by atoms with Crippen molar-refractivity contribution in [1.82, 2.24) is 0 Å².